The van der Waals surface area contributed by atoms with E-state index in [1.54, 1.807) is 54.6 Å². The summed E-state index contributed by atoms with van der Waals surface area (Å²) in [6.45, 7) is 5.83. The van der Waals surface area contributed by atoms with Crippen LogP contribution in [0.3, 0.4) is 0 Å². The molecule has 0 fully saturated rings. The van der Waals surface area contributed by atoms with Gasteiger partial charge in [0.2, 0.25) is 26.6 Å². The molecule has 0 amide bonds. The molecule has 0 radical (unpaired) electrons. The van der Waals surface area contributed by atoms with E-state index >= 15 is 0 Å². The van der Waals surface area contributed by atoms with Gasteiger partial charge in [0.1, 0.15) is 0 Å². The number of rotatable bonds is 6. The predicted octanol–water partition coefficient (Wildman–Crippen LogP) is 4.73. The van der Waals surface area contributed by atoms with Crippen molar-refractivity contribution in [2.45, 2.75) is 16.8 Å². The van der Waals surface area contributed by atoms with E-state index in [1.165, 1.54) is 0 Å². The van der Waals surface area contributed by atoms with Gasteiger partial charge in [-0.25, -0.2) is 8.42 Å². The van der Waals surface area contributed by atoms with E-state index in [2.05, 4.69) is 16.9 Å². The van der Waals surface area contributed by atoms with Crippen LogP contribution in [0, 0.1) is 6.92 Å². The van der Waals surface area contributed by atoms with Gasteiger partial charge in [0, 0.05) is 6.54 Å². The third-order valence-corrected chi connectivity index (χ3v) is 5.70. The fourth-order valence-corrected chi connectivity index (χ4v) is 3.84. The molecule has 26 heavy (non-hydrogen) atoms. The summed E-state index contributed by atoms with van der Waals surface area (Å²) < 4.78 is 31.8. The minimum absolute atomic E-state index is 0.0559. The van der Waals surface area contributed by atoms with Gasteiger partial charge in [-0.1, -0.05) is 47.5 Å². The van der Waals surface area contributed by atoms with E-state index in [0.717, 1.165) is 5.56 Å². The van der Waals surface area contributed by atoms with Crippen molar-refractivity contribution < 1.29 is 12.8 Å². The Bertz CT molecular complexity index is 1040. The number of nitrogens with zero attached hydrogens (tertiary/aromatic N) is 1. The van der Waals surface area contributed by atoms with Gasteiger partial charge in [-0.2, -0.15) is 4.98 Å². The molecule has 0 aliphatic carbocycles. The van der Waals surface area contributed by atoms with E-state index < -0.39 is 9.84 Å². The Kier molecular flexibility index (Phi) is 5.15. The lowest BCUT2D eigenvalue weighted by Crippen LogP contribution is -2.07. The lowest BCUT2D eigenvalue weighted by atomic mass is 10.2. The van der Waals surface area contributed by atoms with Gasteiger partial charge >= 0.3 is 0 Å². The quantitative estimate of drug-likeness (QED) is 0.618. The van der Waals surface area contributed by atoms with Crippen LogP contribution in [-0.2, 0) is 9.84 Å². The Morgan fingerprint density at radius 1 is 1.19 bits per heavy atom. The number of aryl methyl sites for hydroxylation is 1. The summed E-state index contributed by atoms with van der Waals surface area (Å²) in [4.78, 5) is 4.37. The highest BCUT2D eigenvalue weighted by Gasteiger charge is 2.28. The van der Waals surface area contributed by atoms with Gasteiger partial charge in [-0.05, 0) is 31.2 Å². The smallest absolute Gasteiger partial charge is 0.234 e. The second-order valence-electron chi connectivity index (χ2n) is 5.62. The molecule has 1 aromatic heterocycles. The van der Waals surface area contributed by atoms with Gasteiger partial charge in [-0.15, -0.1) is 6.58 Å². The molecule has 3 rings (SSSR count). The summed E-state index contributed by atoms with van der Waals surface area (Å²) in [5, 5.41) is 3.13. The summed E-state index contributed by atoms with van der Waals surface area (Å²) >= 11 is 6.19. The molecule has 1 N–H and O–H groups in total. The van der Waals surface area contributed by atoms with Crippen molar-refractivity contribution in [3.63, 3.8) is 0 Å². The molecule has 0 atom stereocenters. The third-order valence-electron chi connectivity index (χ3n) is 3.69. The molecule has 0 aliphatic rings. The third kappa shape index (κ3) is 3.52. The van der Waals surface area contributed by atoms with Crippen molar-refractivity contribution in [2.75, 3.05) is 11.9 Å². The molecule has 0 spiro atoms. The Morgan fingerprint density at radius 2 is 1.88 bits per heavy atom. The van der Waals surface area contributed by atoms with Crippen LogP contribution in [0.4, 0.5) is 5.88 Å². The number of benzene rings is 2. The maximum Gasteiger partial charge on any atom is 0.234 e. The number of hydrogen-bond donors (Lipinski definition) is 1. The van der Waals surface area contributed by atoms with Crippen LogP contribution < -0.4 is 5.32 Å². The molecule has 134 valence electrons. The number of anilines is 1. The number of aromatic nitrogens is 1. The van der Waals surface area contributed by atoms with Crippen LogP contribution in [-0.4, -0.2) is 19.9 Å². The van der Waals surface area contributed by atoms with Crippen LogP contribution in [0.1, 0.15) is 5.56 Å². The summed E-state index contributed by atoms with van der Waals surface area (Å²) in [6.07, 6.45) is 1.60. The fourth-order valence-electron chi connectivity index (χ4n) is 2.34. The van der Waals surface area contributed by atoms with E-state index in [-0.39, 0.29) is 21.7 Å². The Hall–Kier alpha value is -2.57. The number of nitrogens with one attached hydrogen (secondary N) is 1. The lowest BCUT2D eigenvalue weighted by Gasteiger charge is -2.04. The molecule has 1 heterocycles. The first kappa shape index (κ1) is 18.2. The summed E-state index contributed by atoms with van der Waals surface area (Å²) in [7, 11) is -3.86. The first-order chi connectivity index (χ1) is 12.4. The van der Waals surface area contributed by atoms with Crippen molar-refractivity contribution in [3.8, 4) is 11.5 Å². The average molecular weight is 389 g/mol. The van der Waals surface area contributed by atoms with Crippen molar-refractivity contribution in [3.05, 3.63) is 71.8 Å². The minimum atomic E-state index is -3.86. The molecule has 0 bridgehead atoms. The van der Waals surface area contributed by atoms with Crippen LogP contribution >= 0.6 is 11.6 Å². The summed E-state index contributed by atoms with van der Waals surface area (Å²) in [5.41, 5.74) is 1.48. The number of hydrogen-bond acceptors (Lipinski definition) is 5. The summed E-state index contributed by atoms with van der Waals surface area (Å²) in [5.74, 6) is 0.188. The van der Waals surface area contributed by atoms with Gasteiger partial charge in [0.05, 0.1) is 15.5 Å². The van der Waals surface area contributed by atoms with Crippen LogP contribution in [0.25, 0.3) is 11.5 Å². The van der Waals surface area contributed by atoms with Crippen LogP contribution in [0.15, 0.2) is 75.5 Å². The highest BCUT2D eigenvalue weighted by atomic mass is 35.5. The monoisotopic (exact) mass is 388 g/mol. The maximum absolute atomic E-state index is 13.0. The molecular formula is C19H17ClN2O3S. The Balaban J connectivity index is 2.14. The normalized spacial score (nSPS) is 11.3. The van der Waals surface area contributed by atoms with Crippen molar-refractivity contribution in [1.29, 1.82) is 0 Å². The number of oxazole rings is 1. The zero-order chi connectivity index (χ0) is 18.7. The maximum atomic E-state index is 13.0. The van der Waals surface area contributed by atoms with Crippen molar-refractivity contribution >= 4 is 27.3 Å². The predicted molar refractivity (Wildman–Crippen MR) is 102 cm³/mol. The first-order valence-corrected chi connectivity index (χ1v) is 9.72. The van der Waals surface area contributed by atoms with Crippen molar-refractivity contribution in [2.24, 2.45) is 0 Å². The van der Waals surface area contributed by atoms with Gasteiger partial charge < -0.3 is 9.73 Å². The Labute approximate surface area is 157 Å². The molecule has 5 nitrogen and oxygen atoms in total. The number of sulfone groups is 1. The number of halogens is 1. The van der Waals surface area contributed by atoms with Crippen molar-refractivity contribution in [1.82, 2.24) is 4.98 Å². The van der Waals surface area contributed by atoms with E-state index in [1.807, 2.05) is 6.92 Å². The molecule has 0 saturated heterocycles. The standard InChI is InChI=1S/C19H17ClN2O3S/c1-3-12-21-18-19(26(23,24)14-10-8-13(2)9-11-14)22-17(25-18)15-6-4-5-7-16(15)20/h3-11,21H,1,12H2,2H3. The van der Waals surface area contributed by atoms with E-state index in [0.29, 0.717) is 17.1 Å². The van der Waals surface area contributed by atoms with E-state index in [4.69, 9.17) is 16.0 Å². The lowest BCUT2D eigenvalue weighted by molar-refractivity contribution is 0.579. The molecule has 0 saturated carbocycles. The minimum Gasteiger partial charge on any atom is -0.419 e. The Morgan fingerprint density at radius 3 is 2.54 bits per heavy atom. The first-order valence-electron chi connectivity index (χ1n) is 7.85. The second-order valence-corrected chi connectivity index (χ2v) is 7.89. The zero-order valence-corrected chi connectivity index (χ0v) is 15.6. The average Bonchev–Trinajstić information content (AvgIpc) is 3.05. The van der Waals surface area contributed by atoms with Gasteiger partial charge in [0.15, 0.2) is 0 Å². The SMILES string of the molecule is C=CCNc1oc(-c2ccccc2Cl)nc1S(=O)(=O)c1ccc(C)cc1. The molecular weight excluding hydrogens is 372 g/mol. The zero-order valence-electron chi connectivity index (χ0n) is 14.1. The summed E-state index contributed by atoms with van der Waals surface area (Å²) in [6, 6.07) is 13.5. The highest BCUT2D eigenvalue weighted by molar-refractivity contribution is 7.91. The second kappa shape index (κ2) is 7.35. The van der Waals surface area contributed by atoms with Crippen LogP contribution in [0.5, 0.6) is 0 Å². The molecule has 0 aliphatic heterocycles. The van der Waals surface area contributed by atoms with E-state index in [9.17, 15) is 8.42 Å². The molecule has 3 aromatic rings. The highest BCUT2D eigenvalue weighted by Crippen LogP contribution is 2.34. The fraction of sp³-hybridized carbons (Fsp3) is 0.105. The van der Waals surface area contributed by atoms with Gasteiger partial charge in [-0.3, -0.25) is 0 Å². The van der Waals surface area contributed by atoms with Gasteiger partial charge in [0.25, 0.3) is 0 Å². The molecule has 2 aromatic carbocycles. The topological polar surface area (TPSA) is 72.2 Å². The molecule has 7 heteroatoms. The van der Waals surface area contributed by atoms with Crippen LogP contribution in [0.2, 0.25) is 5.02 Å². The largest absolute Gasteiger partial charge is 0.419 e. The molecule has 0 unspecified atom stereocenters.